The molecule has 0 radical (unpaired) electrons. The zero-order valence-electron chi connectivity index (χ0n) is 9.20. The molecule has 0 spiro atoms. The Morgan fingerprint density at radius 1 is 1.27 bits per heavy atom. The third-order valence-corrected chi connectivity index (χ3v) is 1.84. The highest BCUT2D eigenvalue weighted by molar-refractivity contribution is 5.50. The van der Waals surface area contributed by atoms with Crippen molar-refractivity contribution in [3.63, 3.8) is 0 Å². The van der Waals surface area contributed by atoms with E-state index in [4.69, 9.17) is 15.2 Å². The van der Waals surface area contributed by atoms with Gasteiger partial charge >= 0.3 is 0 Å². The van der Waals surface area contributed by atoms with Crippen molar-refractivity contribution in [1.82, 2.24) is 0 Å². The molecule has 0 aliphatic rings. The Morgan fingerprint density at radius 3 is 2.53 bits per heavy atom. The van der Waals surface area contributed by atoms with Gasteiger partial charge in [-0.2, -0.15) is 0 Å². The summed E-state index contributed by atoms with van der Waals surface area (Å²) in [4.78, 5) is 0. The Hall–Kier alpha value is -1.66. The highest BCUT2D eigenvalue weighted by atomic mass is 16.5. The first kappa shape index (κ1) is 11.4. The van der Waals surface area contributed by atoms with E-state index < -0.39 is 0 Å². The van der Waals surface area contributed by atoms with E-state index in [0.717, 1.165) is 11.3 Å². The van der Waals surface area contributed by atoms with Gasteiger partial charge in [-0.1, -0.05) is 11.8 Å². The van der Waals surface area contributed by atoms with E-state index in [0.29, 0.717) is 5.75 Å². The molecule has 1 unspecified atom stereocenters. The maximum absolute atomic E-state index is 5.55. The van der Waals surface area contributed by atoms with Gasteiger partial charge in [0.15, 0.2) is 0 Å². The molecule has 0 heterocycles. The van der Waals surface area contributed by atoms with Gasteiger partial charge in [0.25, 0.3) is 0 Å². The lowest BCUT2D eigenvalue weighted by atomic mass is 10.2. The monoisotopic (exact) mass is 205 g/mol. The Bertz CT molecular complexity index is 388. The molecule has 0 aliphatic carbocycles. The van der Waals surface area contributed by atoms with Gasteiger partial charge in [-0.15, -0.1) is 0 Å². The molecular formula is C12H15NO2. The normalized spacial score (nSPS) is 11.2. The molecular weight excluding hydrogens is 190 g/mol. The summed E-state index contributed by atoms with van der Waals surface area (Å²) in [6.07, 6.45) is 0. The van der Waals surface area contributed by atoms with Crippen LogP contribution >= 0.6 is 0 Å². The lowest BCUT2D eigenvalue weighted by molar-refractivity contribution is 0.393. The van der Waals surface area contributed by atoms with Crippen LogP contribution in [0.25, 0.3) is 0 Å². The predicted molar refractivity (Wildman–Crippen MR) is 60.1 cm³/mol. The molecule has 80 valence electrons. The fourth-order valence-electron chi connectivity index (χ4n) is 1.09. The van der Waals surface area contributed by atoms with Crippen molar-refractivity contribution >= 4 is 0 Å². The molecule has 1 aromatic carbocycles. The van der Waals surface area contributed by atoms with Crippen molar-refractivity contribution in [2.75, 3.05) is 14.2 Å². The van der Waals surface area contributed by atoms with Crippen LogP contribution in [0.4, 0.5) is 0 Å². The Labute approximate surface area is 90.2 Å². The second kappa shape index (κ2) is 5.28. The number of methoxy groups -OCH3 is 2. The van der Waals surface area contributed by atoms with E-state index >= 15 is 0 Å². The molecule has 0 aliphatic heterocycles. The summed E-state index contributed by atoms with van der Waals surface area (Å²) in [7, 11) is 3.22. The van der Waals surface area contributed by atoms with Crippen LogP contribution in [-0.4, -0.2) is 20.3 Å². The first-order chi connectivity index (χ1) is 7.17. The summed E-state index contributed by atoms with van der Waals surface area (Å²) in [6, 6.07) is 5.35. The van der Waals surface area contributed by atoms with Gasteiger partial charge in [0.2, 0.25) is 0 Å². The standard InChI is InChI=1S/C12H15NO2/c1-9(13)4-5-10-6-7-11(14-2)8-12(10)15-3/h6-9H,13H2,1-3H3. The van der Waals surface area contributed by atoms with Crippen molar-refractivity contribution in [2.24, 2.45) is 5.73 Å². The molecule has 3 nitrogen and oxygen atoms in total. The van der Waals surface area contributed by atoms with Gasteiger partial charge < -0.3 is 15.2 Å². The zero-order chi connectivity index (χ0) is 11.3. The molecule has 0 amide bonds. The van der Waals surface area contributed by atoms with Crippen LogP contribution in [0.3, 0.4) is 0 Å². The Morgan fingerprint density at radius 2 is 2.00 bits per heavy atom. The number of rotatable bonds is 2. The van der Waals surface area contributed by atoms with Gasteiger partial charge in [0.05, 0.1) is 25.8 Å². The van der Waals surface area contributed by atoms with Crippen LogP contribution in [0.5, 0.6) is 11.5 Å². The van der Waals surface area contributed by atoms with Crippen LogP contribution in [-0.2, 0) is 0 Å². The van der Waals surface area contributed by atoms with E-state index in [1.165, 1.54) is 0 Å². The minimum Gasteiger partial charge on any atom is -0.497 e. The summed E-state index contributed by atoms with van der Waals surface area (Å²) < 4.78 is 10.3. The summed E-state index contributed by atoms with van der Waals surface area (Å²) >= 11 is 0. The lowest BCUT2D eigenvalue weighted by Gasteiger charge is -2.05. The van der Waals surface area contributed by atoms with Gasteiger partial charge in [0.1, 0.15) is 11.5 Å². The van der Waals surface area contributed by atoms with Crippen LogP contribution in [0.15, 0.2) is 18.2 Å². The average molecular weight is 205 g/mol. The van der Waals surface area contributed by atoms with Gasteiger partial charge in [0, 0.05) is 6.07 Å². The van der Waals surface area contributed by atoms with Gasteiger partial charge in [-0.05, 0) is 19.1 Å². The minimum atomic E-state index is -0.142. The molecule has 0 saturated carbocycles. The van der Waals surface area contributed by atoms with Crippen molar-refractivity contribution in [2.45, 2.75) is 13.0 Å². The zero-order valence-corrected chi connectivity index (χ0v) is 9.20. The maximum Gasteiger partial charge on any atom is 0.138 e. The van der Waals surface area contributed by atoms with Crippen LogP contribution in [0, 0.1) is 11.8 Å². The first-order valence-electron chi connectivity index (χ1n) is 4.66. The molecule has 1 atom stereocenters. The number of nitrogens with two attached hydrogens (primary N) is 1. The third kappa shape index (κ3) is 3.19. The van der Waals surface area contributed by atoms with Crippen LogP contribution in [0.2, 0.25) is 0 Å². The fourth-order valence-corrected chi connectivity index (χ4v) is 1.09. The van der Waals surface area contributed by atoms with Crippen molar-refractivity contribution in [3.05, 3.63) is 23.8 Å². The molecule has 3 heteroatoms. The molecule has 0 bridgehead atoms. The highest BCUT2D eigenvalue weighted by Crippen LogP contribution is 2.23. The summed E-state index contributed by atoms with van der Waals surface area (Å²) in [5, 5.41) is 0. The lowest BCUT2D eigenvalue weighted by Crippen LogP contribution is -2.10. The number of benzene rings is 1. The Kier molecular flexibility index (Phi) is 4.02. The Balaban J connectivity index is 3.04. The topological polar surface area (TPSA) is 44.5 Å². The van der Waals surface area contributed by atoms with E-state index in [9.17, 15) is 0 Å². The number of hydrogen-bond donors (Lipinski definition) is 1. The number of ether oxygens (including phenoxy) is 2. The van der Waals surface area contributed by atoms with Crippen molar-refractivity contribution in [1.29, 1.82) is 0 Å². The van der Waals surface area contributed by atoms with E-state index in [1.54, 1.807) is 20.3 Å². The average Bonchev–Trinajstić information content (AvgIpc) is 2.25. The van der Waals surface area contributed by atoms with E-state index in [1.807, 2.05) is 19.1 Å². The second-order valence-electron chi connectivity index (χ2n) is 3.12. The third-order valence-electron chi connectivity index (χ3n) is 1.84. The minimum absolute atomic E-state index is 0.142. The summed E-state index contributed by atoms with van der Waals surface area (Å²) in [5.41, 5.74) is 6.36. The van der Waals surface area contributed by atoms with Crippen LogP contribution < -0.4 is 15.2 Å². The van der Waals surface area contributed by atoms with Crippen LogP contribution in [0.1, 0.15) is 12.5 Å². The SMILES string of the molecule is COc1ccc(C#CC(C)N)c(OC)c1. The molecule has 2 N–H and O–H groups in total. The molecule has 0 aromatic heterocycles. The first-order valence-corrected chi connectivity index (χ1v) is 4.66. The maximum atomic E-state index is 5.55. The highest BCUT2D eigenvalue weighted by Gasteiger charge is 2.01. The molecule has 0 saturated heterocycles. The van der Waals surface area contributed by atoms with Gasteiger partial charge in [-0.3, -0.25) is 0 Å². The number of hydrogen-bond acceptors (Lipinski definition) is 3. The van der Waals surface area contributed by atoms with E-state index in [-0.39, 0.29) is 6.04 Å². The van der Waals surface area contributed by atoms with Gasteiger partial charge in [-0.25, -0.2) is 0 Å². The summed E-state index contributed by atoms with van der Waals surface area (Å²) in [6.45, 7) is 1.84. The molecule has 15 heavy (non-hydrogen) atoms. The predicted octanol–water partition coefficient (Wildman–Crippen LogP) is 1.40. The fraction of sp³-hybridized carbons (Fsp3) is 0.333. The quantitative estimate of drug-likeness (QED) is 0.742. The molecule has 1 rings (SSSR count). The second-order valence-corrected chi connectivity index (χ2v) is 3.12. The summed E-state index contributed by atoms with van der Waals surface area (Å²) in [5.74, 6) is 7.29. The molecule has 1 aromatic rings. The largest absolute Gasteiger partial charge is 0.497 e. The molecule has 0 fully saturated rings. The van der Waals surface area contributed by atoms with E-state index in [2.05, 4.69) is 11.8 Å². The van der Waals surface area contributed by atoms with Crippen molar-refractivity contribution < 1.29 is 9.47 Å². The van der Waals surface area contributed by atoms with Crippen molar-refractivity contribution in [3.8, 4) is 23.3 Å². The smallest absolute Gasteiger partial charge is 0.138 e.